The van der Waals surface area contributed by atoms with Crippen molar-refractivity contribution in [2.24, 2.45) is 0 Å². The van der Waals surface area contributed by atoms with E-state index in [4.69, 9.17) is 4.74 Å². The van der Waals surface area contributed by atoms with Crippen LogP contribution in [0.3, 0.4) is 0 Å². The lowest BCUT2D eigenvalue weighted by atomic mass is 10.1. The maximum atomic E-state index is 11.8. The van der Waals surface area contributed by atoms with E-state index < -0.39 is 11.6 Å². The summed E-state index contributed by atoms with van der Waals surface area (Å²) in [6, 6.07) is 0. The predicted octanol–water partition coefficient (Wildman–Crippen LogP) is 2.10. The first kappa shape index (κ1) is 12.7. The Bertz CT molecular complexity index is 352. The average Bonchev–Trinajstić information content (AvgIpc) is 2.59. The van der Waals surface area contributed by atoms with E-state index in [0.29, 0.717) is 11.4 Å². The summed E-state index contributed by atoms with van der Waals surface area (Å²) in [7, 11) is 0. The van der Waals surface area contributed by atoms with Gasteiger partial charge in [0.15, 0.2) is 5.69 Å². The number of esters is 1. The van der Waals surface area contributed by atoms with Crippen LogP contribution in [-0.2, 0) is 11.2 Å². The number of rotatable bonds is 4. The van der Waals surface area contributed by atoms with Crippen molar-refractivity contribution in [3.8, 4) is 0 Å². The van der Waals surface area contributed by atoms with Crippen molar-refractivity contribution in [1.82, 2.24) is 15.4 Å². The van der Waals surface area contributed by atoms with Crippen molar-refractivity contribution in [2.45, 2.75) is 52.6 Å². The fourth-order valence-corrected chi connectivity index (χ4v) is 1.26. The number of hydrogen-bond acceptors (Lipinski definition) is 4. The minimum atomic E-state index is -0.502. The van der Waals surface area contributed by atoms with Crippen LogP contribution in [0.25, 0.3) is 0 Å². The highest BCUT2D eigenvalue weighted by atomic mass is 16.6. The molecule has 0 aromatic carbocycles. The molecule has 5 nitrogen and oxygen atoms in total. The molecule has 90 valence electrons. The Labute approximate surface area is 95.6 Å². The minimum absolute atomic E-state index is 0.309. The second-order valence-corrected chi connectivity index (χ2v) is 4.72. The van der Waals surface area contributed by atoms with Crippen LogP contribution in [-0.4, -0.2) is 27.0 Å². The van der Waals surface area contributed by atoms with Crippen LogP contribution in [0.1, 0.15) is 56.7 Å². The maximum Gasteiger partial charge on any atom is 0.361 e. The van der Waals surface area contributed by atoms with Crippen molar-refractivity contribution in [2.75, 3.05) is 0 Å². The van der Waals surface area contributed by atoms with Crippen molar-refractivity contribution in [3.05, 3.63) is 11.4 Å². The SMILES string of the molecule is CCCCc1n[nH]nc1C(=O)OC(C)(C)C. The molecule has 0 aliphatic heterocycles. The van der Waals surface area contributed by atoms with Gasteiger partial charge in [-0.15, -0.1) is 5.10 Å². The van der Waals surface area contributed by atoms with E-state index in [1.54, 1.807) is 0 Å². The van der Waals surface area contributed by atoms with E-state index >= 15 is 0 Å². The summed E-state index contributed by atoms with van der Waals surface area (Å²) in [5, 5.41) is 10.3. The minimum Gasteiger partial charge on any atom is -0.455 e. The molecule has 1 aromatic rings. The molecule has 0 unspecified atom stereocenters. The third-order valence-corrected chi connectivity index (χ3v) is 1.98. The second-order valence-electron chi connectivity index (χ2n) is 4.72. The van der Waals surface area contributed by atoms with Crippen molar-refractivity contribution in [3.63, 3.8) is 0 Å². The maximum absolute atomic E-state index is 11.8. The van der Waals surface area contributed by atoms with E-state index in [0.717, 1.165) is 19.3 Å². The summed E-state index contributed by atoms with van der Waals surface area (Å²) in [5.74, 6) is -0.410. The Balaban J connectivity index is 2.72. The molecule has 0 saturated carbocycles. The average molecular weight is 225 g/mol. The topological polar surface area (TPSA) is 67.9 Å². The van der Waals surface area contributed by atoms with Crippen molar-refractivity contribution < 1.29 is 9.53 Å². The Morgan fingerprint density at radius 1 is 1.38 bits per heavy atom. The van der Waals surface area contributed by atoms with Gasteiger partial charge in [0, 0.05) is 0 Å². The number of aryl methyl sites for hydroxylation is 1. The summed E-state index contributed by atoms with van der Waals surface area (Å²) in [6.45, 7) is 7.58. The fourth-order valence-electron chi connectivity index (χ4n) is 1.26. The highest BCUT2D eigenvalue weighted by Gasteiger charge is 2.23. The number of aromatic nitrogens is 3. The molecular formula is C11H19N3O2. The third kappa shape index (κ3) is 3.64. The molecule has 1 heterocycles. The van der Waals surface area contributed by atoms with Crippen LogP contribution in [0.2, 0.25) is 0 Å². The van der Waals surface area contributed by atoms with Gasteiger partial charge >= 0.3 is 5.97 Å². The predicted molar refractivity (Wildman–Crippen MR) is 60.2 cm³/mol. The Morgan fingerprint density at radius 2 is 2.06 bits per heavy atom. The largest absolute Gasteiger partial charge is 0.455 e. The second kappa shape index (κ2) is 5.09. The molecule has 1 aromatic heterocycles. The Hall–Kier alpha value is -1.39. The van der Waals surface area contributed by atoms with Crippen LogP contribution >= 0.6 is 0 Å². The lowest BCUT2D eigenvalue weighted by molar-refractivity contribution is 0.00615. The molecule has 0 radical (unpaired) electrons. The molecule has 0 aliphatic carbocycles. The molecule has 1 rings (SSSR count). The number of H-pyrrole nitrogens is 1. The molecule has 0 saturated heterocycles. The molecule has 0 spiro atoms. The number of carbonyl (C=O) groups excluding carboxylic acids is 1. The molecular weight excluding hydrogens is 206 g/mol. The Kier molecular flexibility index (Phi) is 4.04. The zero-order valence-electron chi connectivity index (χ0n) is 10.3. The van der Waals surface area contributed by atoms with E-state index in [9.17, 15) is 4.79 Å². The first-order chi connectivity index (χ1) is 7.44. The first-order valence-electron chi connectivity index (χ1n) is 5.57. The van der Waals surface area contributed by atoms with Gasteiger partial charge in [-0.3, -0.25) is 0 Å². The van der Waals surface area contributed by atoms with Gasteiger partial charge in [0.05, 0.1) is 5.69 Å². The molecule has 0 bridgehead atoms. The van der Waals surface area contributed by atoms with Crippen LogP contribution in [0.15, 0.2) is 0 Å². The lowest BCUT2D eigenvalue weighted by Gasteiger charge is -2.18. The number of aromatic amines is 1. The van der Waals surface area contributed by atoms with Crippen LogP contribution in [0.4, 0.5) is 0 Å². The standard InChI is InChI=1S/C11H19N3O2/c1-5-6-7-8-9(13-14-12-8)10(15)16-11(2,3)4/h5-7H2,1-4H3,(H,12,13,14). The van der Waals surface area contributed by atoms with E-state index in [1.165, 1.54) is 0 Å². The number of carbonyl (C=O) groups is 1. The number of unbranched alkanes of at least 4 members (excludes halogenated alkanes) is 1. The van der Waals surface area contributed by atoms with Crippen LogP contribution in [0, 0.1) is 0 Å². The van der Waals surface area contributed by atoms with Gasteiger partial charge in [0.25, 0.3) is 0 Å². The number of ether oxygens (including phenoxy) is 1. The van der Waals surface area contributed by atoms with Crippen LogP contribution in [0.5, 0.6) is 0 Å². The van der Waals surface area contributed by atoms with Crippen LogP contribution < -0.4 is 0 Å². The van der Waals surface area contributed by atoms with Gasteiger partial charge in [-0.25, -0.2) is 4.79 Å². The molecule has 0 aliphatic rings. The van der Waals surface area contributed by atoms with E-state index in [1.807, 2.05) is 20.8 Å². The zero-order valence-corrected chi connectivity index (χ0v) is 10.3. The summed E-state index contributed by atoms with van der Waals surface area (Å²) in [4.78, 5) is 11.8. The van der Waals surface area contributed by atoms with Crippen molar-refractivity contribution in [1.29, 1.82) is 0 Å². The summed E-state index contributed by atoms with van der Waals surface area (Å²) < 4.78 is 5.24. The normalized spacial score (nSPS) is 11.5. The molecule has 1 N–H and O–H groups in total. The highest BCUT2D eigenvalue weighted by Crippen LogP contribution is 2.13. The van der Waals surface area contributed by atoms with Gasteiger partial charge in [-0.2, -0.15) is 10.3 Å². The van der Waals surface area contributed by atoms with E-state index in [2.05, 4.69) is 22.3 Å². The highest BCUT2D eigenvalue weighted by molar-refractivity contribution is 5.88. The number of nitrogens with one attached hydrogen (secondary N) is 1. The third-order valence-electron chi connectivity index (χ3n) is 1.98. The summed E-state index contributed by atoms with van der Waals surface area (Å²) in [6.07, 6.45) is 2.80. The molecule has 0 amide bonds. The molecule has 0 fully saturated rings. The number of hydrogen-bond donors (Lipinski definition) is 1. The quantitative estimate of drug-likeness (QED) is 0.797. The molecule has 16 heavy (non-hydrogen) atoms. The summed E-state index contributed by atoms with van der Waals surface area (Å²) >= 11 is 0. The zero-order chi connectivity index (χ0) is 12.2. The first-order valence-corrected chi connectivity index (χ1v) is 5.57. The van der Waals surface area contributed by atoms with Gasteiger partial charge < -0.3 is 4.74 Å². The van der Waals surface area contributed by atoms with Gasteiger partial charge in [-0.1, -0.05) is 13.3 Å². The fraction of sp³-hybridized carbons (Fsp3) is 0.727. The van der Waals surface area contributed by atoms with Gasteiger partial charge in [-0.05, 0) is 33.6 Å². The lowest BCUT2D eigenvalue weighted by Crippen LogP contribution is -2.24. The van der Waals surface area contributed by atoms with Crippen molar-refractivity contribution >= 4 is 5.97 Å². The smallest absolute Gasteiger partial charge is 0.361 e. The van der Waals surface area contributed by atoms with E-state index in [-0.39, 0.29) is 0 Å². The Morgan fingerprint density at radius 3 is 2.62 bits per heavy atom. The summed E-state index contributed by atoms with van der Waals surface area (Å²) in [5.41, 5.74) is 0.498. The van der Waals surface area contributed by atoms with Gasteiger partial charge in [0.2, 0.25) is 0 Å². The monoisotopic (exact) mass is 225 g/mol. The molecule has 5 heteroatoms. The number of nitrogens with zero attached hydrogens (tertiary/aromatic N) is 2. The van der Waals surface area contributed by atoms with Gasteiger partial charge in [0.1, 0.15) is 5.60 Å². The molecule has 0 atom stereocenters.